The summed E-state index contributed by atoms with van der Waals surface area (Å²) in [6.07, 6.45) is 0. The van der Waals surface area contributed by atoms with E-state index in [9.17, 15) is 4.79 Å². The van der Waals surface area contributed by atoms with Crippen LogP contribution in [0.1, 0.15) is 21.5 Å². The minimum absolute atomic E-state index is 0.138. The molecule has 2 aromatic carbocycles. The Hall–Kier alpha value is -1.26. The number of methoxy groups -OCH3 is 1. The van der Waals surface area contributed by atoms with Crippen molar-refractivity contribution in [3.05, 3.63) is 57.6 Å². The van der Waals surface area contributed by atoms with Gasteiger partial charge in [-0.05, 0) is 65.2 Å². The number of hydrogen-bond acceptors (Lipinski definition) is 3. The number of halogens is 1. The van der Waals surface area contributed by atoms with E-state index in [0.29, 0.717) is 5.75 Å². The Bertz CT molecular complexity index is 668. The van der Waals surface area contributed by atoms with Gasteiger partial charge < -0.3 is 4.74 Å². The van der Waals surface area contributed by atoms with Gasteiger partial charge in [-0.2, -0.15) is 0 Å². The number of ether oxygens (including phenoxy) is 1. The minimum atomic E-state index is 0.138. The monoisotopic (exact) mass is 364 g/mol. The molecule has 4 heteroatoms. The highest BCUT2D eigenvalue weighted by Gasteiger charge is 2.13. The third-order valence-corrected chi connectivity index (χ3v) is 5.27. The average Bonchev–Trinajstić information content (AvgIpc) is 2.48. The van der Waals surface area contributed by atoms with Crippen molar-refractivity contribution in [3.63, 3.8) is 0 Å². The van der Waals surface area contributed by atoms with Crippen molar-refractivity contribution in [2.45, 2.75) is 18.7 Å². The Kier molecular flexibility index (Phi) is 5.48. The van der Waals surface area contributed by atoms with Crippen LogP contribution in [0.15, 0.2) is 45.8 Å². The second kappa shape index (κ2) is 7.14. The van der Waals surface area contributed by atoms with E-state index >= 15 is 0 Å². The molecule has 0 bridgehead atoms. The maximum Gasteiger partial charge on any atom is 0.173 e. The van der Waals surface area contributed by atoms with Gasteiger partial charge in [0.1, 0.15) is 5.75 Å². The van der Waals surface area contributed by atoms with Crippen molar-refractivity contribution in [1.29, 1.82) is 0 Å². The van der Waals surface area contributed by atoms with Crippen molar-refractivity contribution >= 4 is 33.5 Å². The largest absolute Gasteiger partial charge is 0.496 e. The number of hydrogen-bond donors (Lipinski definition) is 0. The average molecular weight is 365 g/mol. The first kappa shape index (κ1) is 16.1. The number of ketones is 1. The smallest absolute Gasteiger partial charge is 0.173 e. The number of carbonyl (C=O) groups excluding carboxylic acids is 1. The van der Waals surface area contributed by atoms with Crippen LogP contribution in [0.4, 0.5) is 0 Å². The predicted octanol–water partition coefficient (Wildman–Crippen LogP) is 5.05. The van der Waals surface area contributed by atoms with E-state index in [1.807, 2.05) is 50.2 Å². The summed E-state index contributed by atoms with van der Waals surface area (Å²) < 4.78 is 6.30. The standard InChI is InChI=1S/C17H17BrO2S/c1-11-9-16(20-3)12(2)8-13(11)15(19)10-21-17-7-5-4-6-14(17)18/h4-9H,10H2,1-3H3. The molecule has 0 N–H and O–H groups in total. The summed E-state index contributed by atoms with van der Waals surface area (Å²) in [7, 11) is 1.64. The van der Waals surface area contributed by atoms with Gasteiger partial charge in [0.15, 0.2) is 5.78 Å². The molecule has 0 aliphatic rings. The van der Waals surface area contributed by atoms with Crippen LogP contribution in [0.5, 0.6) is 5.75 Å². The summed E-state index contributed by atoms with van der Waals surface area (Å²) in [4.78, 5) is 13.5. The number of Topliss-reactive ketones (excluding diaryl/α,β-unsaturated/α-hetero) is 1. The van der Waals surface area contributed by atoms with E-state index < -0.39 is 0 Å². The van der Waals surface area contributed by atoms with E-state index in [1.165, 1.54) is 0 Å². The van der Waals surface area contributed by atoms with Gasteiger partial charge in [0.05, 0.1) is 12.9 Å². The molecular formula is C17H17BrO2S. The fourth-order valence-corrected chi connectivity index (χ4v) is 3.54. The van der Waals surface area contributed by atoms with Gasteiger partial charge in [-0.3, -0.25) is 4.79 Å². The lowest BCUT2D eigenvalue weighted by Crippen LogP contribution is -2.06. The van der Waals surface area contributed by atoms with Gasteiger partial charge in [0.25, 0.3) is 0 Å². The molecule has 0 atom stereocenters. The SMILES string of the molecule is COc1cc(C)c(C(=O)CSc2ccccc2Br)cc1C. The van der Waals surface area contributed by atoms with Gasteiger partial charge in [0, 0.05) is 14.9 Å². The van der Waals surface area contributed by atoms with E-state index in [2.05, 4.69) is 15.9 Å². The van der Waals surface area contributed by atoms with Crippen LogP contribution in [-0.4, -0.2) is 18.6 Å². The number of carbonyl (C=O) groups is 1. The highest BCUT2D eigenvalue weighted by Crippen LogP contribution is 2.29. The maximum absolute atomic E-state index is 12.4. The number of thioether (sulfide) groups is 1. The summed E-state index contributed by atoms with van der Waals surface area (Å²) >= 11 is 5.05. The quantitative estimate of drug-likeness (QED) is 0.548. The molecule has 0 aliphatic carbocycles. The fraction of sp³-hybridized carbons (Fsp3) is 0.235. The zero-order chi connectivity index (χ0) is 15.4. The molecule has 0 unspecified atom stereocenters. The first-order chi connectivity index (χ1) is 10.0. The molecule has 0 spiro atoms. The van der Waals surface area contributed by atoms with Crippen molar-refractivity contribution in [2.24, 2.45) is 0 Å². The highest BCUT2D eigenvalue weighted by molar-refractivity contribution is 9.10. The predicted molar refractivity (Wildman–Crippen MR) is 91.7 cm³/mol. The molecule has 0 radical (unpaired) electrons. The summed E-state index contributed by atoms with van der Waals surface area (Å²) in [6.45, 7) is 3.90. The zero-order valence-corrected chi connectivity index (χ0v) is 14.7. The Morgan fingerprint density at radius 2 is 1.90 bits per heavy atom. The Morgan fingerprint density at radius 1 is 1.19 bits per heavy atom. The van der Waals surface area contributed by atoms with E-state index in [1.54, 1.807) is 18.9 Å². The molecule has 0 fully saturated rings. The summed E-state index contributed by atoms with van der Waals surface area (Å²) in [5.41, 5.74) is 2.71. The summed E-state index contributed by atoms with van der Waals surface area (Å²) in [5.74, 6) is 1.39. The van der Waals surface area contributed by atoms with Crippen molar-refractivity contribution in [2.75, 3.05) is 12.9 Å². The van der Waals surface area contributed by atoms with Gasteiger partial charge in [0.2, 0.25) is 0 Å². The van der Waals surface area contributed by atoms with Crippen LogP contribution in [-0.2, 0) is 0 Å². The number of benzene rings is 2. The van der Waals surface area contributed by atoms with Crippen molar-refractivity contribution in [1.82, 2.24) is 0 Å². The van der Waals surface area contributed by atoms with Crippen molar-refractivity contribution in [3.8, 4) is 5.75 Å². The Balaban J connectivity index is 2.14. The normalized spacial score (nSPS) is 10.5. The third-order valence-electron chi connectivity index (χ3n) is 3.24. The fourth-order valence-electron chi connectivity index (χ4n) is 2.09. The van der Waals surface area contributed by atoms with Gasteiger partial charge >= 0.3 is 0 Å². The first-order valence-electron chi connectivity index (χ1n) is 6.58. The van der Waals surface area contributed by atoms with E-state index in [4.69, 9.17) is 4.74 Å². The molecule has 2 rings (SSSR count). The third kappa shape index (κ3) is 3.89. The van der Waals surface area contributed by atoms with Crippen LogP contribution < -0.4 is 4.74 Å². The number of rotatable bonds is 5. The molecule has 0 amide bonds. The molecule has 21 heavy (non-hydrogen) atoms. The lowest BCUT2D eigenvalue weighted by molar-refractivity contribution is 0.102. The lowest BCUT2D eigenvalue weighted by Gasteiger charge is -2.11. The molecule has 0 heterocycles. The molecular weight excluding hydrogens is 348 g/mol. The lowest BCUT2D eigenvalue weighted by atomic mass is 10.0. The molecule has 2 nitrogen and oxygen atoms in total. The Labute approximate surface area is 138 Å². The minimum Gasteiger partial charge on any atom is -0.496 e. The molecule has 0 saturated carbocycles. The molecule has 0 saturated heterocycles. The molecule has 0 aliphatic heterocycles. The highest BCUT2D eigenvalue weighted by atomic mass is 79.9. The molecule has 0 aromatic heterocycles. The topological polar surface area (TPSA) is 26.3 Å². The second-order valence-corrected chi connectivity index (χ2v) is 6.65. The van der Waals surface area contributed by atoms with Gasteiger partial charge in [-0.15, -0.1) is 11.8 Å². The van der Waals surface area contributed by atoms with Crippen molar-refractivity contribution < 1.29 is 9.53 Å². The van der Waals surface area contributed by atoms with E-state index in [0.717, 1.165) is 31.8 Å². The maximum atomic E-state index is 12.4. The molecule has 2 aromatic rings. The van der Waals surface area contributed by atoms with Crippen LogP contribution >= 0.6 is 27.7 Å². The van der Waals surface area contributed by atoms with E-state index in [-0.39, 0.29) is 5.78 Å². The summed E-state index contributed by atoms with van der Waals surface area (Å²) in [6, 6.07) is 11.8. The first-order valence-corrected chi connectivity index (χ1v) is 8.36. The summed E-state index contributed by atoms with van der Waals surface area (Å²) in [5, 5.41) is 0. The second-order valence-electron chi connectivity index (χ2n) is 4.78. The number of aryl methyl sites for hydroxylation is 2. The van der Waals surface area contributed by atoms with Gasteiger partial charge in [-0.1, -0.05) is 12.1 Å². The van der Waals surface area contributed by atoms with Crippen LogP contribution in [0.3, 0.4) is 0 Å². The molecule has 110 valence electrons. The van der Waals surface area contributed by atoms with Gasteiger partial charge in [-0.25, -0.2) is 0 Å². The Morgan fingerprint density at radius 3 is 2.57 bits per heavy atom. The van der Waals surface area contributed by atoms with Crippen LogP contribution in [0.2, 0.25) is 0 Å². The van der Waals surface area contributed by atoms with Crippen LogP contribution in [0.25, 0.3) is 0 Å². The zero-order valence-electron chi connectivity index (χ0n) is 12.3. The van der Waals surface area contributed by atoms with Crippen LogP contribution in [0, 0.1) is 13.8 Å².